The molecule has 0 fully saturated rings. The highest BCUT2D eigenvalue weighted by Crippen LogP contribution is 2.38. The van der Waals surface area contributed by atoms with E-state index in [9.17, 15) is 10.1 Å². The Bertz CT molecular complexity index is 852. The SMILES string of the molecule is CCCCOc1ccc(C(=O)Nc2sc3c(c2C#N)C[C@H](CCC)OC3)cc1. The Morgan fingerprint density at radius 2 is 2.11 bits per heavy atom. The molecule has 5 nitrogen and oxygen atoms in total. The van der Waals surface area contributed by atoms with Crippen molar-refractivity contribution < 1.29 is 14.3 Å². The van der Waals surface area contributed by atoms with Crippen LogP contribution in [-0.4, -0.2) is 18.6 Å². The van der Waals surface area contributed by atoms with E-state index in [2.05, 4.69) is 25.2 Å². The number of fused-ring (bicyclic) bond motifs is 1. The molecule has 1 atom stereocenters. The molecule has 0 bridgehead atoms. The fourth-order valence-corrected chi connectivity index (χ4v) is 4.35. The van der Waals surface area contributed by atoms with Crippen LogP contribution in [0, 0.1) is 11.3 Å². The molecule has 1 aliphatic rings. The second-order valence-corrected chi connectivity index (χ2v) is 8.03. The molecule has 1 aliphatic heterocycles. The number of carbonyl (C=O) groups excluding carboxylic acids is 1. The van der Waals surface area contributed by atoms with Crippen molar-refractivity contribution in [3.05, 3.63) is 45.8 Å². The molecule has 0 aliphatic carbocycles. The molecule has 0 saturated heterocycles. The van der Waals surface area contributed by atoms with Gasteiger partial charge in [0, 0.05) is 16.9 Å². The van der Waals surface area contributed by atoms with Crippen LogP contribution in [-0.2, 0) is 17.8 Å². The van der Waals surface area contributed by atoms with Crippen LogP contribution in [0.1, 0.15) is 65.9 Å². The minimum atomic E-state index is -0.221. The lowest BCUT2D eigenvalue weighted by atomic mass is 9.99. The molecule has 0 radical (unpaired) electrons. The highest BCUT2D eigenvalue weighted by atomic mass is 32.1. The van der Waals surface area contributed by atoms with Crippen LogP contribution in [0.25, 0.3) is 0 Å². The first-order chi connectivity index (χ1) is 13.7. The number of nitrogens with one attached hydrogen (secondary N) is 1. The molecule has 0 unspecified atom stereocenters. The number of amides is 1. The van der Waals surface area contributed by atoms with Crippen LogP contribution in [0.3, 0.4) is 0 Å². The van der Waals surface area contributed by atoms with Gasteiger partial charge in [-0.1, -0.05) is 26.7 Å². The van der Waals surface area contributed by atoms with Gasteiger partial charge in [0.15, 0.2) is 0 Å². The number of rotatable bonds is 8. The molecule has 148 valence electrons. The molecule has 1 aromatic heterocycles. The predicted octanol–water partition coefficient (Wildman–Crippen LogP) is 5.29. The van der Waals surface area contributed by atoms with E-state index >= 15 is 0 Å². The van der Waals surface area contributed by atoms with Crippen LogP contribution in [0.15, 0.2) is 24.3 Å². The number of nitriles is 1. The topological polar surface area (TPSA) is 71.3 Å². The van der Waals surface area contributed by atoms with Gasteiger partial charge in [-0.3, -0.25) is 4.79 Å². The average Bonchev–Trinajstić information content (AvgIpc) is 3.05. The van der Waals surface area contributed by atoms with Gasteiger partial charge in [0.2, 0.25) is 0 Å². The van der Waals surface area contributed by atoms with Gasteiger partial charge < -0.3 is 14.8 Å². The molecule has 2 aromatic rings. The minimum Gasteiger partial charge on any atom is -0.494 e. The van der Waals surface area contributed by atoms with Crippen molar-refractivity contribution in [2.75, 3.05) is 11.9 Å². The zero-order valence-electron chi connectivity index (χ0n) is 16.4. The van der Waals surface area contributed by atoms with Crippen LogP contribution >= 0.6 is 11.3 Å². The van der Waals surface area contributed by atoms with Crippen LogP contribution in [0.5, 0.6) is 5.75 Å². The van der Waals surface area contributed by atoms with Gasteiger partial charge in [0.25, 0.3) is 5.91 Å². The first-order valence-corrected chi connectivity index (χ1v) is 10.7. The molecule has 1 amide bonds. The Morgan fingerprint density at radius 1 is 1.32 bits per heavy atom. The number of hydrogen-bond donors (Lipinski definition) is 1. The molecular weight excluding hydrogens is 372 g/mol. The summed E-state index contributed by atoms with van der Waals surface area (Å²) in [6.07, 6.45) is 5.01. The Labute approximate surface area is 170 Å². The summed E-state index contributed by atoms with van der Waals surface area (Å²) in [5.74, 6) is 0.537. The largest absolute Gasteiger partial charge is 0.494 e. The lowest BCUT2D eigenvalue weighted by Gasteiger charge is -2.22. The van der Waals surface area contributed by atoms with E-state index in [4.69, 9.17) is 9.47 Å². The zero-order valence-corrected chi connectivity index (χ0v) is 17.2. The smallest absolute Gasteiger partial charge is 0.256 e. The predicted molar refractivity (Wildman–Crippen MR) is 111 cm³/mol. The minimum absolute atomic E-state index is 0.156. The molecular formula is C22H26N2O3S. The summed E-state index contributed by atoms with van der Waals surface area (Å²) in [5.41, 5.74) is 2.16. The van der Waals surface area contributed by atoms with E-state index in [1.807, 2.05) is 0 Å². The van der Waals surface area contributed by atoms with E-state index in [0.29, 0.717) is 29.3 Å². The number of benzene rings is 1. The summed E-state index contributed by atoms with van der Waals surface area (Å²) in [5, 5.41) is 13.2. The van der Waals surface area contributed by atoms with Gasteiger partial charge in [-0.25, -0.2) is 0 Å². The van der Waals surface area contributed by atoms with E-state index in [0.717, 1.165) is 48.3 Å². The highest BCUT2D eigenvalue weighted by molar-refractivity contribution is 7.16. The maximum Gasteiger partial charge on any atom is 0.256 e. The van der Waals surface area contributed by atoms with Crippen LogP contribution < -0.4 is 10.1 Å². The van der Waals surface area contributed by atoms with Crippen molar-refractivity contribution in [2.45, 2.75) is 58.7 Å². The number of unbranched alkanes of at least 4 members (excludes halogenated alkanes) is 1. The van der Waals surface area contributed by atoms with Crippen molar-refractivity contribution in [3.8, 4) is 11.8 Å². The number of hydrogen-bond acceptors (Lipinski definition) is 5. The Hall–Kier alpha value is -2.36. The number of carbonyl (C=O) groups is 1. The Morgan fingerprint density at radius 3 is 2.79 bits per heavy atom. The number of thiophene rings is 1. The first-order valence-electron chi connectivity index (χ1n) is 9.86. The van der Waals surface area contributed by atoms with Gasteiger partial charge in [-0.2, -0.15) is 5.26 Å². The van der Waals surface area contributed by atoms with E-state index in [1.165, 1.54) is 11.3 Å². The summed E-state index contributed by atoms with van der Waals surface area (Å²) < 4.78 is 11.5. The zero-order chi connectivity index (χ0) is 19.9. The van der Waals surface area contributed by atoms with Crippen molar-refractivity contribution >= 4 is 22.2 Å². The van der Waals surface area contributed by atoms with Crippen molar-refractivity contribution in [1.29, 1.82) is 5.26 Å². The third-order valence-electron chi connectivity index (χ3n) is 4.81. The molecule has 1 aromatic carbocycles. The standard InChI is InChI=1S/C22H26N2O3S/c1-3-5-11-26-16-9-7-15(8-10-16)21(25)24-22-19(13-23)18-12-17(6-4-2)27-14-20(18)28-22/h7-10,17H,3-6,11-12,14H2,1-2H3,(H,24,25)/t17-/m0/s1. The normalized spacial score (nSPS) is 15.5. The van der Waals surface area contributed by atoms with Gasteiger partial charge in [-0.05, 0) is 42.7 Å². The van der Waals surface area contributed by atoms with Crippen molar-refractivity contribution in [3.63, 3.8) is 0 Å². The summed E-state index contributed by atoms with van der Waals surface area (Å²) in [4.78, 5) is 13.7. The average molecular weight is 399 g/mol. The molecule has 1 N–H and O–H groups in total. The molecule has 0 spiro atoms. The third-order valence-corrected chi connectivity index (χ3v) is 5.93. The van der Waals surface area contributed by atoms with Crippen molar-refractivity contribution in [1.82, 2.24) is 0 Å². The Kier molecular flexibility index (Phi) is 7.07. The van der Waals surface area contributed by atoms with Gasteiger partial charge in [0.05, 0.1) is 24.9 Å². The number of nitrogens with zero attached hydrogens (tertiary/aromatic N) is 1. The summed E-state index contributed by atoms with van der Waals surface area (Å²) in [6, 6.07) is 9.38. The van der Waals surface area contributed by atoms with Crippen molar-refractivity contribution in [2.24, 2.45) is 0 Å². The maximum absolute atomic E-state index is 12.6. The molecule has 0 saturated carbocycles. The summed E-state index contributed by atoms with van der Waals surface area (Å²) >= 11 is 1.44. The fourth-order valence-electron chi connectivity index (χ4n) is 3.25. The quantitative estimate of drug-likeness (QED) is 0.613. The lowest BCUT2D eigenvalue weighted by Crippen LogP contribution is -2.21. The number of anilines is 1. The molecule has 28 heavy (non-hydrogen) atoms. The number of ether oxygens (including phenoxy) is 2. The van der Waals surface area contributed by atoms with Gasteiger partial charge in [-0.15, -0.1) is 11.3 Å². The highest BCUT2D eigenvalue weighted by Gasteiger charge is 2.27. The van der Waals surface area contributed by atoms with E-state index in [-0.39, 0.29) is 12.0 Å². The first kappa shape index (κ1) is 20.4. The Balaban J connectivity index is 1.70. The second kappa shape index (κ2) is 9.72. The molecule has 3 rings (SSSR count). The monoisotopic (exact) mass is 398 g/mol. The van der Waals surface area contributed by atoms with Crippen LogP contribution in [0.4, 0.5) is 5.00 Å². The third kappa shape index (κ3) is 4.73. The van der Waals surface area contributed by atoms with Gasteiger partial charge >= 0.3 is 0 Å². The van der Waals surface area contributed by atoms with E-state index in [1.54, 1.807) is 24.3 Å². The fraction of sp³-hybridized carbons (Fsp3) is 0.455. The van der Waals surface area contributed by atoms with Crippen LogP contribution in [0.2, 0.25) is 0 Å². The maximum atomic E-state index is 12.6. The second-order valence-electron chi connectivity index (χ2n) is 6.93. The summed E-state index contributed by atoms with van der Waals surface area (Å²) in [6.45, 7) is 5.43. The molecule has 2 heterocycles. The lowest BCUT2D eigenvalue weighted by molar-refractivity contribution is 0.0250. The molecule has 6 heteroatoms. The summed E-state index contributed by atoms with van der Waals surface area (Å²) in [7, 11) is 0. The van der Waals surface area contributed by atoms with E-state index < -0.39 is 0 Å². The van der Waals surface area contributed by atoms with Gasteiger partial charge in [0.1, 0.15) is 16.8 Å².